The van der Waals surface area contributed by atoms with Crippen molar-refractivity contribution in [2.75, 3.05) is 13.6 Å². The molecular formula is C25H27Cl2FN2OS. The maximum Gasteiger partial charge on any atom is 0.123 e. The molecule has 0 unspecified atom stereocenters. The first-order chi connectivity index (χ1) is 14.5. The van der Waals surface area contributed by atoms with E-state index >= 15 is 0 Å². The molecule has 0 fully saturated rings. The molecule has 0 amide bonds. The van der Waals surface area contributed by atoms with Gasteiger partial charge in [-0.25, -0.2) is 4.39 Å². The number of aliphatic hydroxyl groups is 1. The number of benzene rings is 3. The number of hydrogen-bond acceptors (Lipinski definition) is 2. The lowest BCUT2D eigenvalue weighted by molar-refractivity contribution is 0.132. The third-order valence-electron chi connectivity index (χ3n) is 5.24. The van der Waals surface area contributed by atoms with Crippen LogP contribution in [-0.2, 0) is 0 Å². The Balaban J connectivity index is 0.00000181. The van der Waals surface area contributed by atoms with Crippen LogP contribution in [0, 0.1) is 5.82 Å². The van der Waals surface area contributed by atoms with E-state index in [0.717, 1.165) is 22.0 Å². The maximum absolute atomic E-state index is 14.0. The van der Waals surface area contributed by atoms with Crippen LogP contribution in [0.25, 0.3) is 22.0 Å². The molecule has 1 heterocycles. The Morgan fingerprint density at radius 3 is 2.44 bits per heavy atom. The SMILES string of the molecule is C.CNC[C@@H](O)[C@H](c1cccc(F)c1)n1cc(-c2ccc(Cl)c(Cl)c2)c2ccccc21.S. The Morgan fingerprint density at radius 2 is 1.75 bits per heavy atom. The number of para-hydroxylation sites is 1. The van der Waals surface area contributed by atoms with Crippen molar-refractivity contribution >= 4 is 47.6 Å². The van der Waals surface area contributed by atoms with Gasteiger partial charge in [-0.3, -0.25) is 0 Å². The van der Waals surface area contributed by atoms with E-state index in [2.05, 4.69) is 5.32 Å². The van der Waals surface area contributed by atoms with Crippen molar-refractivity contribution in [3.05, 3.63) is 94.4 Å². The zero-order valence-corrected chi connectivity index (χ0v) is 19.3. The Morgan fingerprint density at radius 1 is 1.00 bits per heavy atom. The highest BCUT2D eigenvalue weighted by Gasteiger charge is 2.25. The molecule has 0 aliphatic carbocycles. The van der Waals surface area contributed by atoms with Crippen LogP contribution < -0.4 is 5.32 Å². The van der Waals surface area contributed by atoms with Crippen molar-refractivity contribution in [2.45, 2.75) is 19.6 Å². The van der Waals surface area contributed by atoms with Gasteiger partial charge < -0.3 is 15.0 Å². The summed E-state index contributed by atoms with van der Waals surface area (Å²) in [6, 6.07) is 19.3. The zero-order chi connectivity index (χ0) is 21.3. The fraction of sp³-hybridized carbons (Fsp3) is 0.200. The normalized spacial score (nSPS) is 12.7. The minimum absolute atomic E-state index is 0. The Kier molecular flexibility index (Phi) is 9.19. The smallest absolute Gasteiger partial charge is 0.123 e. The third kappa shape index (κ3) is 5.13. The lowest BCUT2D eigenvalue weighted by Gasteiger charge is -2.26. The topological polar surface area (TPSA) is 37.2 Å². The number of fused-ring (bicyclic) bond motifs is 1. The minimum Gasteiger partial charge on any atom is -0.389 e. The van der Waals surface area contributed by atoms with Crippen LogP contribution in [0.4, 0.5) is 4.39 Å². The molecule has 0 bridgehead atoms. The van der Waals surface area contributed by atoms with Gasteiger partial charge in [0.15, 0.2) is 0 Å². The minimum atomic E-state index is -0.769. The van der Waals surface area contributed by atoms with Crippen LogP contribution in [0.3, 0.4) is 0 Å². The zero-order valence-electron chi connectivity index (χ0n) is 16.8. The number of halogens is 3. The van der Waals surface area contributed by atoms with E-state index in [4.69, 9.17) is 23.2 Å². The van der Waals surface area contributed by atoms with Crippen LogP contribution in [0.5, 0.6) is 0 Å². The Labute approximate surface area is 205 Å². The molecular weight excluding hydrogens is 466 g/mol. The molecule has 7 heteroatoms. The van der Waals surface area contributed by atoms with Crippen molar-refractivity contribution in [1.29, 1.82) is 0 Å². The summed E-state index contributed by atoms with van der Waals surface area (Å²) in [5.74, 6) is -0.338. The second kappa shape index (κ2) is 11.2. The molecule has 0 radical (unpaired) electrons. The van der Waals surface area contributed by atoms with Crippen LogP contribution in [0.1, 0.15) is 19.0 Å². The summed E-state index contributed by atoms with van der Waals surface area (Å²) < 4.78 is 16.0. The van der Waals surface area contributed by atoms with E-state index in [1.165, 1.54) is 12.1 Å². The molecule has 0 saturated heterocycles. The van der Waals surface area contributed by atoms with Crippen LogP contribution in [0.15, 0.2) is 72.9 Å². The largest absolute Gasteiger partial charge is 0.389 e. The van der Waals surface area contributed by atoms with Crippen molar-refractivity contribution in [3.63, 3.8) is 0 Å². The molecule has 0 spiro atoms. The van der Waals surface area contributed by atoms with Gasteiger partial charge in [0, 0.05) is 29.2 Å². The van der Waals surface area contributed by atoms with E-state index in [-0.39, 0.29) is 26.7 Å². The predicted molar refractivity (Wildman–Crippen MR) is 139 cm³/mol. The Hall–Kier alpha value is -2.02. The van der Waals surface area contributed by atoms with Crippen molar-refractivity contribution in [1.82, 2.24) is 9.88 Å². The van der Waals surface area contributed by atoms with E-state index in [1.807, 2.05) is 53.2 Å². The molecule has 3 aromatic carbocycles. The molecule has 170 valence electrons. The van der Waals surface area contributed by atoms with Gasteiger partial charge in [-0.2, -0.15) is 13.5 Å². The summed E-state index contributed by atoms with van der Waals surface area (Å²) in [6.45, 7) is 0.357. The first kappa shape index (κ1) is 26.2. The molecule has 0 aliphatic rings. The average molecular weight is 493 g/mol. The number of nitrogens with zero attached hydrogens (tertiary/aromatic N) is 1. The van der Waals surface area contributed by atoms with Crippen molar-refractivity contribution in [3.8, 4) is 11.1 Å². The highest BCUT2D eigenvalue weighted by molar-refractivity contribution is 7.59. The van der Waals surface area contributed by atoms with Gasteiger partial charge in [0.25, 0.3) is 0 Å². The quantitative estimate of drug-likeness (QED) is 0.315. The molecule has 0 saturated carbocycles. The van der Waals surface area contributed by atoms with E-state index in [9.17, 15) is 9.50 Å². The summed E-state index contributed by atoms with van der Waals surface area (Å²) in [7, 11) is 1.78. The molecule has 0 aliphatic heterocycles. The molecule has 32 heavy (non-hydrogen) atoms. The predicted octanol–water partition coefficient (Wildman–Crippen LogP) is 6.67. The van der Waals surface area contributed by atoms with Crippen LogP contribution in [-0.4, -0.2) is 29.4 Å². The van der Waals surface area contributed by atoms with E-state index in [1.54, 1.807) is 19.2 Å². The summed E-state index contributed by atoms with van der Waals surface area (Å²) in [6.07, 6.45) is 1.22. The molecule has 4 rings (SSSR count). The number of likely N-dealkylation sites (N-methyl/N-ethyl adjacent to an activating group) is 1. The number of nitrogens with one attached hydrogen (secondary N) is 1. The fourth-order valence-electron chi connectivity index (χ4n) is 3.91. The lowest BCUT2D eigenvalue weighted by atomic mass is 10.0. The van der Waals surface area contributed by atoms with Crippen molar-refractivity contribution in [2.24, 2.45) is 0 Å². The van der Waals surface area contributed by atoms with Crippen molar-refractivity contribution < 1.29 is 9.50 Å². The standard InChI is InChI=1S/C24H21Cl2FN2O.CH4.H2S/c1-28-13-23(30)24(16-5-4-6-17(27)11-16)29-14-19(18-7-2-3-8-22(18)29)15-9-10-20(25)21(26)12-15;;/h2-12,14,23-24,28,30H,13H2,1H3;1H4;1H2/t23-,24+;;/m1../s1. The van der Waals surface area contributed by atoms with Gasteiger partial charge in [-0.1, -0.05) is 67.0 Å². The molecule has 4 aromatic rings. The highest BCUT2D eigenvalue weighted by Crippen LogP contribution is 2.37. The summed E-state index contributed by atoms with van der Waals surface area (Å²) >= 11 is 12.4. The monoisotopic (exact) mass is 492 g/mol. The van der Waals surface area contributed by atoms with E-state index in [0.29, 0.717) is 22.2 Å². The fourth-order valence-corrected chi connectivity index (χ4v) is 4.21. The van der Waals surface area contributed by atoms with Gasteiger partial charge in [0.2, 0.25) is 0 Å². The van der Waals surface area contributed by atoms with Gasteiger partial charge in [0.1, 0.15) is 5.82 Å². The number of rotatable bonds is 6. The van der Waals surface area contributed by atoms with Gasteiger partial charge >= 0.3 is 0 Å². The molecule has 2 N–H and O–H groups in total. The summed E-state index contributed by atoms with van der Waals surface area (Å²) in [5.41, 5.74) is 3.50. The molecule has 3 nitrogen and oxygen atoms in total. The first-order valence-electron chi connectivity index (χ1n) is 9.62. The van der Waals surface area contributed by atoms with Crippen LogP contribution >= 0.6 is 36.7 Å². The molecule has 1 aromatic heterocycles. The third-order valence-corrected chi connectivity index (χ3v) is 5.98. The second-order valence-corrected chi connectivity index (χ2v) is 8.04. The molecule has 2 atom stereocenters. The summed E-state index contributed by atoms with van der Waals surface area (Å²) in [4.78, 5) is 0. The average Bonchev–Trinajstić information content (AvgIpc) is 3.10. The number of hydrogen-bond donors (Lipinski definition) is 2. The van der Waals surface area contributed by atoms with E-state index < -0.39 is 12.1 Å². The van der Waals surface area contributed by atoms with Crippen LogP contribution in [0.2, 0.25) is 10.0 Å². The lowest BCUT2D eigenvalue weighted by Crippen LogP contribution is -2.33. The Bertz CT molecular complexity index is 1200. The second-order valence-electron chi connectivity index (χ2n) is 7.22. The summed E-state index contributed by atoms with van der Waals surface area (Å²) in [5, 5.41) is 16.0. The highest BCUT2D eigenvalue weighted by atomic mass is 35.5. The maximum atomic E-state index is 14.0. The first-order valence-corrected chi connectivity index (χ1v) is 10.4. The number of aliphatic hydroxyl groups excluding tert-OH is 1. The van der Waals surface area contributed by atoms with Gasteiger partial charge in [-0.05, 0) is 48.5 Å². The van der Waals surface area contributed by atoms with Gasteiger partial charge in [-0.15, -0.1) is 0 Å². The van der Waals surface area contributed by atoms with Gasteiger partial charge in [0.05, 0.1) is 22.2 Å². The number of aromatic nitrogens is 1.